The van der Waals surface area contributed by atoms with Crippen molar-refractivity contribution in [2.45, 2.75) is 51.8 Å². The van der Waals surface area contributed by atoms with Crippen molar-refractivity contribution in [3.63, 3.8) is 0 Å². The molecule has 0 amide bonds. The molecule has 106 valence electrons. The van der Waals surface area contributed by atoms with Gasteiger partial charge in [0, 0.05) is 36.2 Å². The van der Waals surface area contributed by atoms with Gasteiger partial charge in [-0.15, -0.1) is 11.6 Å². The predicted molar refractivity (Wildman–Crippen MR) is 83.0 cm³/mol. The van der Waals surface area contributed by atoms with Gasteiger partial charge in [0.1, 0.15) is 0 Å². The van der Waals surface area contributed by atoms with E-state index < -0.39 is 0 Å². The quantitative estimate of drug-likeness (QED) is 0.753. The van der Waals surface area contributed by atoms with E-state index in [1.165, 1.54) is 43.4 Å². The first-order valence-corrected chi connectivity index (χ1v) is 8.04. The van der Waals surface area contributed by atoms with Gasteiger partial charge in [0.15, 0.2) is 0 Å². The third-order valence-electron chi connectivity index (χ3n) is 4.13. The van der Waals surface area contributed by atoms with Crippen molar-refractivity contribution in [1.29, 1.82) is 0 Å². The lowest BCUT2D eigenvalue weighted by Gasteiger charge is -2.25. The molecule has 2 rings (SSSR count). The summed E-state index contributed by atoms with van der Waals surface area (Å²) in [4.78, 5) is 6.88. The zero-order valence-corrected chi connectivity index (χ0v) is 12.9. The van der Waals surface area contributed by atoms with Crippen LogP contribution in [0.25, 0.3) is 0 Å². The Balaban J connectivity index is 2.11. The van der Waals surface area contributed by atoms with Crippen molar-refractivity contribution in [3.05, 3.63) is 23.5 Å². The number of alkyl halides is 1. The maximum atomic E-state index is 6.06. The number of aromatic nitrogens is 1. The Morgan fingerprint density at radius 1 is 1.37 bits per heavy atom. The van der Waals surface area contributed by atoms with Crippen molar-refractivity contribution in [2.75, 3.05) is 18.0 Å². The standard InChI is InChI=1S/C16H25ClN2/c1-3-5-14-6-4-8-19(9-7-14)16-10-13(2)18-12-15(16)11-17/h10,12,14H,3-9,11H2,1-2H3. The molecule has 1 aromatic heterocycles. The highest BCUT2D eigenvalue weighted by Crippen LogP contribution is 2.28. The van der Waals surface area contributed by atoms with Gasteiger partial charge in [0.2, 0.25) is 0 Å². The first-order chi connectivity index (χ1) is 9.24. The van der Waals surface area contributed by atoms with Gasteiger partial charge in [0.05, 0.1) is 5.88 Å². The molecule has 0 radical (unpaired) electrons. The number of nitrogens with zero attached hydrogens (tertiary/aromatic N) is 2. The van der Waals surface area contributed by atoms with Gasteiger partial charge in [-0.25, -0.2) is 0 Å². The largest absolute Gasteiger partial charge is 0.371 e. The molecule has 19 heavy (non-hydrogen) atoms. The SMILES string of the molecule is CCCC1CCCN(c2cc(C)ncc2CCl)CC1. The van der Waals surface area contributed by atoms with Gasteiger partial charge in [-0.3, -0.25) is 4.98 Å². The minimum Gasteiger partial charge on any atom is -0.371 e. The van der Waals surface area contributed by atoms with E-state index in [1.807, 2.05) is 6.20 Å². The third kappa shape index (κ3) is 3.85. The molecule has 1 saturated heterocycles. The molecule has 0 saturated carbocycles. The molecular weight excluding hydrogens is 256 g/mol. The smallest absolute Gasteiger partial charge is 0.0509 e. The molecule has 1 unspecified atom stereocenters. The summed E-state index contributed by atoms with van der Waals surface area (Å²) < 4.78 is 0. The number of halogens is 1. The summed E-state index contributed by atoms with van der Waals surface area (Å²) in [7, 11) is 0. The monoisotopic (exact) mass is 280 g/mol. The van der Waals surface area contributed by atoms with E-state index in [1.54, 1.807) is 0 Å². The van der Waals surface area contributed by atoms with E-state index in [0.717, 1.165) is 24.7 Å². The number of hydrogen-bond acceptors (Lipinski definition) is 2. The second-order valence-electron chi connectivity index (χ2n) is 5.66. The van der Waals surface area contributed by atoms with Gasteiger partial charge in [-0.2, -0.15) is 0 Å². The average molecular weight is 281 g/mol. The summed E-state index contributed by atoms with van der Waals surface area (Å²) in [6.45, 7) is 6.67. The van der Waals surface area contributed by atoms with Crippen molar-refractivity contribution in [1.82, 2.24) is 4.98 Å². The van der Waals surface area contributed by atoms with Crippen LogP contribution in [0.5, 0.6) is 0 Å². The minimum absolute atomic E-state index is 0.553. The van der Waals surface area contributed by atoms with E-state index >= 15 is 0 Å². The molecule has 0 spiro atoms. The Morgan fingerprint density at radius 2 is 2.21 bits per heavy atom. The van der Waals surface area contributed by atoms with Gasteiger partial charge < -0.3 is 4.90 Å². The van der Waals surface area contributed by atoms with Crippen molar-refractivity contribution in [3.8, 4) is 0 Å². The Bertz CT molecular complexity index is 406. The topological polar surface area (TPSA) is 16.1 Å². The first kappa shape index (κ1) is 14.6. The van der Waals surface area contributed by atoms with Crippen LogP contribution in [-0.2, 0) is 5.88 Å². The van der Waals surface area contributed by atoms with Gasteiger partial charge in [0.25, 0.3) is 0 Å². The fourth-order valence-electron chi connectivity index (χ4n) is 3.07. The van der Waals surface area contributed by atoms with Crippen molar-refractivity contribution >= 4 is 17.3 Å². The van der Waals surface area contributed by atoms with E-state index in [0.29, 0.717) is 5.88 Å². The molecule has 0 bridgehead atoms. The van der Waals surface area contributed by atoms with Crippen LogP contribution in [0.15, 0.2) is 12.3 Å². The highest BCUT2D eigenvalue weighted by molar-refractivity contribution is 6.17. The summed E-state index contributed by atoms with van der Waals surface area (Å²) in [6.07, 6.45) is 8.62. The fraction of sp³-hybridized carbons (Fsp3) is 0.688. The van der Waals surface area contributed by atoms with E-state index in [4.69, 9.17) is 11.6 Å². The van der Waals surface area contributed by atoms with E-state index in [9.17, 15) is 0 Å². The van der Waals surface area contributed by atoms with Crippen LogP contribution in [0.1, 0.15) is 50.3 Å². The van der Waals surface area contributed by atoms with Gasteiger partial charge in [-0.05, 0) is 38.2 Å². The fourth-order valence-corrected chi connectivity index (χ4v) is 3.28. The maximum Gasteiger partial charge on any atom is 0.0509 e. The highest BCUT2D eigenvalue weighted by Gasteiger charge is 2.18. The molecule has 0 N–H and O–H groups in total. The molecule has 1 aromatic rings. The number of rotatable bonds is 4. The first-order valence-electron chi connectivity index (χ1n) is 7.51. The molecular formula is C16H25ClN2. The van der Waals surface area contributed by atoms with Crippen LogP contribution in [0.4, 0.5) is 5.69 Å². The Hall–Kier alpha value is -0.760. The summed E-state index contributed by atoms with van der Waals surface area (Å²) >= 11 is 6.06. The lowest BCUT2D eigenvalue weighted by Crippen LogP contribution is -2.25. The summed E-state index contributed by atoms with van der Waals surface area (Å²) in [6, 6.07) is 2.19. The van der Waals surface area contributed by atoms with Crippen LogP contribution >= 0.6 is 11.6 Å². The summed E-state index contributed by atoms with van der Waals surface area (Å²) in [5, 5.41) is 0. The van der Waals surface area contributed by atoms with Crippen LogP contribution in [-0.4, -0.2) is 18.1 Å². The van der Waals surface area contributed by atoms with Crippen LogP contribution < -0.4 is 4.90 Å². The van der Waals surface area contributed by atoms with Crippen molar-refractivity contribution < 1.29 is 0 Å². The molecule has 2 heterocycles. The maximum absolute atomic E-state index is 6.06. The number of aryl methyl sites for hydroxylation is 1. The second kappa shape index (κ2) is 7.14. The lowest BCUT2D eigenvalue weighted by atomic mass is 9.96. The molecule has 0 aromatic carbocycles. The summed E-state index contributed by atoms with van der Waals surface area (Å²) in [5.41, 5.74) is 3.55. The zero-order valence-electron chi connectivity index (χ0n) is 12.2. The van der Waals surface area contributed by atoms with Crippen LogP contribution in [0.2, 0.25) is 0 Å². The Morgan fingerprint density at radius 3 is 2.95 bits per heavy atom. The Kier molecular flexibility index (Phi) is 5.50. The van der Waals surface area contributed by atoms with Gasteiger partial charge in [-0.1, -0.05) is 19.8 Å². The van der Waals surface area contributed by atoms with E-state index in [-0.39, 0.29) is 0 Å². The Labute approximate surface area is 122 Å². The zero-order chi connectivity index (χ0) is 13.7. The summed E-state index contributed by atoms with van der Waals surface area (Å²) in [5.74, 6) is 1.47. The molecule has 1 fully saturated rings. The number of hydrogen-bond donors (Lipinski definition) is 0. The molecule has 3 heteroatoms. The van der Waals surface area contributed by atoms with Crippen LogP contribution in [0.3, 0.4) is 0 Å². The van der Waals surface area contributed by atoms with Gasteiger partial charge >= 0.3 is 0 Å². The van der Waals surface area contributed by atoms with Crippen LogP contribution in [0, 0.1) is 12.8 Å². The predicted octanol–water partition coefficient (Wildman–Crippen LogP) is 4.54. The lowest BCUT2D eigenvalue weighted by molar-refractivity contribution is 0.435. The molecule has 0 aliphatic carbocycles. The minimum atomic E-state index is 0.553. The molecule has 2 nitrogen and oxygen atoms in total. The van der Waals surface area contributed by atoms with E-state index in [2.05, 4.69) is 29.8 Å². The molecule has 1 atom stereocenters. The third-order valence-corrected chi connectivity index (χ3v) is 4.42. The second-order valence-corrected chi connectivity index (χ2v) is 5.93. The normalized spacial score (nSPS) is 20.4. The molecule has 1 aliphatic rings. The number of pyridine rings is 1. The van der Waals surface area contributed by atoms with Crippen molar-refractivity contribution in [2.24, 2.45) is 5.92 Å². The number of anilines is 1. The highest BCUT2D eigenvalue weighted by atomic mass is 35.5. The molecule has 1 aliphatic heterocycles. The average Bonchev–Trinajstić information content (AvgIpc) is 2.65.